The van der Waals surface area contributed by atoms with Gasteiger partial charge in [0.05, 0.1) is 11.9 Å². The zero-order valence-electron chi connectivity index (χ0n) is 15.4. The third kappa shape index (κ3) is 4.06. The summed E-state index contributed by atoms with van der Waals surface area (Å²) >= 11 is 0. The lowest BCUT2D eigenvalue weighted by atomic mass is 10.2. The molecule has 2 N–H and O–H groups in total. The first-order chi connectivity index (χ1) is 14.1. The van der Waals surface area contributed by atoms with Gasteiger partial charge in [-0.25, -0.2) is 14.1 Å². The van der Waals surface area contributed by atoms with Crippen LogP contribution in [0.25, 0.3) is 16.7 Å². The van der Waals surface area contributed by atoms with E-state index in [2.05, 4.69) is 20.4 Å². The van der Waals surface area contributed by atoms with Crippen molar-refractivity contribution in [3.63, 3.8) is 0 Å². The molecule has 0 spiro atoms. The molecule has 2 heterocycles. The van der Waals surface area contributed by atoms with Gasteiger partial charge in [-0.3, -0.25) is 9.59 Å². The molecule has 1 amide bonds. The Kier molecular flexibility index (Phi) is 5.15. The number of aromatic nitrogens is 4. The van der Waals surface area contributed by atoms with Gasteiger partial charge in [0.15, 0.2) is 5.65 Å². The van der Waals surface area contributed by atoms with Crippen LogP contribution in [0.5, 0.6) is 0 Å². The third-order valence-corrected chi connectivity index (χ3v) is 4.51. The normalized spacial score (nSPS) is 10.9. The molecule has 4 rings (SSSR count). The van der Waals surface area contributed by atoms with E-state index < -0.39 is 0 Å². The van der Waals surface area contributed by atoms with E-state index in [4.69, 9.17) is 0 Å². The van der Waals surface area contributed by atoms with Crippen LogP contribution >= 0.6 is 0 Å². The summed E-state index contributed by atoms with van der Waals surface area (Å²) in [6, 6.07) is 15.6. The number of amides is 1. The first kappa shape index (κ1) is 18.5. The van der Waals surface area contributed by atoms with E-state index in [0.29, 0.717) is 22.4 Å². The number of hydrogen-bond acceptors (Lipinski definition) is 4. The largest absolute Gasteiger partial charge is 0.352 e. The van der Waals surface area contributed by atoms with Crippen LogP contribution in [0.15, 0.2) is 65.6 Å². The predicted octanol–water partition coefficient (Wildman–Crippen LogP) is 2.50. The lowest BCUT2D eigenvalue weighted by Gasteiger charge is -2.07. The Labute approximate surface area is 165 Å². The minimum atomic E-state index is -0.363. The highest BCUT2D eigenvalue weighted by Crippen LogP contribution is 2.14. The monoisotopic (exact) mass is 391 g/mol. The topological polar surface area (TPSA) is 92.7 Å². The van der Waals surface area contributed by atoms with E-state index in [1.165, 1.54) is 12.3 Å². The average Bonchev–Trinajstić information content (AvgIpc) is 3.17. The molecular weight excluding hydrogens is 373 g/mol. The number of rotatable bonds is 6. The number of aryl methyl sites for hydroxylation is 1. The lowest BCUT2D eigenvalue weighted by molar-refractivity contribution is -0.121. The zero-order chi connectivity index (χ0) is 20.2. The van der Waals surface area contributed by atoms with Crippen molar-refractivity contribution in [2.24, 2.45) is 0 Å². The number of hydrogen-bond donors (Lipinski definition) is 2. The number of H-pyrrole nitrogens is 1. The fraction of sp³-hybridized carbons (Fsp3) is 0.143. The smallest absolute Gasteiger partial charge is 0.262 e. The molecule has 0 fully saturated rings. The summed E-state index contributed by atoms with van der Waals surface area (Å²) in [6.45, 7) is 0.106. The van der Waals surface area contributed by atoms with Gasteiger partial charge in [-0.15, -0.1) is 0 Å². The number of fused-ring (bicyclic) bond motifs is 1. The Morgan fingerprint density at radius 2 is 1.86 bits per heavy atom. The second kappa shape index (κ2) is 8.05. The number of halogens is 1. The number of nitrogens with zero attached hydrogens (tertiary/aromatic N) is 3. The van der Waals surface area contributed by atoms with Crippen LogP contribution < -0.4 is 10.9 Å². The maximum Gasteiger partial charge on any atom is 0.262 e. The Hall–Kier alpha value is -3.81. The molecule has 0 atom stereocenters. The van der Waals surface area contributed by atoms with Gasteiger partial charge in [-0.2, -0.15) is 5.10 Å². The van der Waals surface area contributed by atoms with Crippen LogP contribution in [0.1, 0.15) is 17.8 Å². The SMILES string of the molecule is O=C(CCc1nc2c(cnn2-c2ccccc2)c(=O)[nH]1)NCc1ccccc1F. The molecular formula is C21H18FN5O2. The Morgan fingerprint density at radius 1 is 1.10 bits per heavy atom. The van der Waals surface area contributed by atoms with Crippen molar-refractivity contribution < 1.29 is 9.18 Å². The van der Waals surface area contributed by atoms with Gasteiger partial charge in [-0.05, 0) is 18.2 Å². The number of benzene rings is 2. The van der Waals surface area contributed by atoms with Crippen molar-refractivity contribution in [3.8, 4) is 5.69 Å². The molecule has 0 radical (unpaired) electrons. The molecule has 0 aliphatic carbocycles. The fourth-order valence-electron chi connectivity index (χ4n) is 3.00. The number of carbonyl (C=O) groups is 1. The van der Waals surface area contributed by atoms with Crippen LogP contribution in [0.2, 0.25) is 0 Å². The molecule has 8 heteroatoms. The Bertz CT molecular complexity index is 1220. The molecule has 0 unspecified atom stereocenters. The van der Waals surface area contributed by atoms with Crippen molar-refractivity contribution in [2.75, 3.05) is 0 Å². The van der Waals surface area contributed by atoms with Crippen LogP contribution in [-0.4, -0.2) is 25.7 Å². The Balaban J connectivity index is 1.47. The molecule has 2 aromatic heterocycles. The molecule has 0 aliphatic heterocycles. The summed E-state index contributed by atoms with van der Waals surface area (Å²) in [5.41, 5.74) is 1.33. The van der Waals surface area contributed by atoms with Crippen molar-refractivity contribution in [3.05, 3.63) is 88.4 Å². The minimum Gasteiger partial charge on any atom is -0.352 e. The number of para-hydroxylation sites is 1. The molecule has 29 heavy (non-hydrogen) atoms. The van der Waals surface area contributed by atoms with E-state index in [-0.39, 0.29) is 36.7 Å². The highest BCUT2D eigenvalue weighted by atomic mass is 19.1. The zero-order valence-corrected chi connectivity index (χ0v) is 15.4. The summed E-state index contributed by atoms with van der Waals surface area (Å²) in [6.07, 6.45) is 1.83. The van der Waals surface area contributed by atoms with E-state index in [1.54, 1.807) is 22.9 Å². The summed E-state index contributed by atoms with van der Waals surface area (Å²) in [5.74, 6) is -0.229. The lowest BCUT2D eigenvalue weighted by Crippen LogP contribution is -2.24. The molecule has 7 nitrogen and oxygen atoms in total. The van der Waals surface area contributed by atoms with Gasteiger partial charge in [0, 0.05) is 24.9 Å². The second-order valence-corrected chi connectivity index (χ2v) is 6.51. The third-order valence-electron chi connectivity index (χ3n) is 4.51. The second-order valence-electron chi connectivity index (χ2n) is 6.51. The molecule has 146 valence electrons. The van der Waals surface area contributed by atoms with E-state index >= 15 is 0 Å². The first-order valence-corrected chi connectivity index (χ1v) is 9.14. The van der Waals surface area contributed by atoms with E-state index in [9.17, 15) is 14.0 Å². The van der Waals surface area contributed by atoms with Gasteiger partial charge in [-0.1, -0.05) is 36.4 Å². The van der Waals surface area contributed by atoms with Crippen molar-refractivity contribution in [2.45, 2.75) is 19.4 Å². The van der Waals surface area contributed by atoms with Gasteiger partial charge in [0.1, 0.15) is 17.0 Å². The molecule has 4 aromatic rings. The van der Waals surface area contributed by atoms with Crippen LogP contribution in [0.4, 0.5) is 4.39 Å². The van der Waals surface area contributed by atoms with Gasteiger partial charge in [0.25, 0.3) is 5.56 Å². The van der Waals surface area contributed by atoms with Crippen LogP contribution in [-0.2, 0) is 17.8 Å². The van der Waals surface area contributed by atoms with Crippen LogP contribution in [0, 0.1) is 5.82 Å². The number of aromatic amines is 1. The van der Waals surface area contributed by atoms with Crippen molar-refractivity contribution in [1.29, 1.82) is 0 Å². The standard InChI is InChI=1S/C21H18FN5O2/c22-17-9-5-4-6-14(17)12-23-19(28)11-10-18-25-20-16(21(29)26-18)13-24-27(20)15-7-2-1-3-8-15/h1-9,13H,10-12H2,(H,23,28)(H,25,26,29). The van der Waals surface area contributed by atoms with Gasteiger partial charge >= 0.3 is 0 Å². The fourth-order valence-corrected chi connectivity index (χ4v) is 3.00. The Morgan fingerprint density at radius 3 is 2.66 bits per heavy atom. The maximum absolute atomic E-state index is 13.6. The predicted molar refractivity (Wildman–Crippen MR) is 106 cm³/mol. The molecule has 0 aliphatic rings. The quantitative estimate of drug-likeness (QED) is 0.528. The summed E-state index contributed by atoms with van der Waals surface area (Å²) in [4.78, 5) is 31.6. The molecule has 0 saturated heterocycles. The number of nitrogens with one attached hydrogen (secondary N) is 2. The van der Waals surface area contributed by atoms with Gasteiger partial charge in [0.2, 0.25) is 5.91 Å². The molecule has 0 saturated carbocycles. The molecule has 2 aromatic carbocycles. The highest BCUT2D eigenvalue weighted by molar-refractivity contribution is 5.77. The highest BCUT2D eigenvalue weighted by Gasteiger charge is 2.12. The van der Waals surface area contributed by atoms with Gasteiger partial charge < -0.3 is 10.3 Å². The average molecular weight is 391 g/mol. The maximum atomic E-state index is 13.6. The van der Waals surface area contributed by atoms with Crippen LogP contribution in [0.3, 0.4) is 0 Å². The first-order valence-electron chi connectivity index (χ1n) is 9.14. The minimum absolute atomic E-state index is 0.106. The van der Waals surface area contributed by atoms with E-state index in [1.807, 2.05) is 30.3 Å². The van der Waals surface area contributed by atoms with Crippen molar-refractivity contribution >= 4 is 16.9 Å². The van der Waals surface area contributed by atoms with Crippen molar-refractivity contribution in [1.82, 2.24) is 25.1 Å². The molecule has 0 bridgehead atoms. The number of carbonyl (C=O) groups excluding carboxylic acids is 1. The summed E-state index contributed by atoms with van der Waals surface area (Å²) in [5, 5.41) is 7.31. The van der Waals surface area contributed by atoms with E-state index in [0.717, 1.165) is 5.69 Å². The summed E-state index contributed by atoms with van der Waals surface area (Å²) in [7, 11) is 0. The summed E-state index contributed by atoms with van der Waals surface area (Å²) < 4.78 is 15.2.